The van der Waals surface area contributed by atoms with E-state index in [9.17, 15) is 4.79 Å². The molecule has 0 heterocycles. The summed E-state index contributed by atoms with van der Waals surface area (Å²) in [6.07, 6.45) is 5.04. The number of amides is 1. The predicted octanol–water partition coefficient (Wildman–Crippen LogP) is 1.68. The van der Waals surface area contributed by atoms with Gasteiger partial charge in [0.15, 0.2) is 0 Å². The van der Waals surface area contributed by atoms with Crippen molar-refractivity contribution in [3.8, 4) is 0 Å². The lowest BCUT2D eigenvalue weighted by Gasteiger charge is -2.03. The van der Waals surface area contributed by atoms with Crippen molar-refractivity contribution in [2.45, 2.75) is 46.0 Å². The van der Waals surface area contributed by atoms with Crippen molar-refractivity contribution >= 4 is 5.91 Å². The third-order valence-electron chi connectivity index (χ3n) is 2.08. The first-order chi connectivity index (χ1) is 6.81. The Labute approximate surface area is 87.6 Å². The van der Waals surface area contributed by atoms with Crippen molar-refractivity contribution < 1.29 is 4.79 Å². The maximum atomic E-state index is 11.2. The average Bonchev–Trinajstić information content (AvgIpc) is 2.20. The van der Waals surface area contributed by atoms with E-state index in [0.29, 0.717) is 6.42 Å². The smallest absolute Gasteiger partial charge is 0.219 e. The quantitative estimate of drug-likeness (QED) is 0.556. The third-order valence-corrected chi connectivity index (χ3v) is 2.08. The first-order valence-electron chi connectivity index (χ1n) is 5.78. The Hall–Kier alpha value is -0.570. The van der Waals surface area contributed by atoms with Crippen LogP contribution in [0.2, 0.25) is 0 Å². The molecule has 1 amide bonds. The van der Waals surface area contributed by atoms with Gasteiger partial charge in [-0.3, -0.25) is 4.79 Å². The van der Waals surface area contributed by atoms with Crippen LogP contribution in [-0.2, 0) is 4.79 Å². The molecule has 0 aliphatic carbocycles. The standard InChI is InChI=1S/C11H24N2O/c1-3-9-13-11(14)8-6-5-7-10-12-4-2/h12H,3-10H2,1-2H3,(H,13,14). The van der Waals surface area contributed by atoms with E-state index in [1.807, 2.05) is 0 Å². The van der Waals surface area contributed by atoms with Crippen LogP contribution in [0.5, 0.6) is 0 Å². The highest BCUT2D eigenvalue weighted by molar-refractivity contribution is 5.75. The van der Waals surface area contributed by atoms with Gasteiger partial charge in [-0.25, -0.2) is 0 Å². The number of hydrogen-bond acceptors (Lipinski definition) is 2. The van der Waals surface area contributed by atoms with Crippen LogP contribution in [0.1, 0.15) is 46.0 Å². The zero-order valence-corrected chi connectivity index (χ0v) is 9.57. The molecule has 0 fully saturated rings. The molecule has 0 aliphatic heterocycles. The van der Waals surface area contributed by atoms with Gasteiger partial charge in [0.1, 0.15) is 0 Å². The van der Waals surface area contributed by atoms with Gasteiger partial charge in [-0.1, -0.05) is 20.3 Å². The zero-order chi connectivity index (χ0) is 10.6. The fourth-order valence-electron chi connectivity index (χ4n) is 1.24. The fraction of sp³-hybridized carbons (Fsp3) is 0.909. The Morgan fingerprint density at radius 3 is 2.50 bits per heavy atom. The van der Waals surface area contributed by atoms with Gasteiger partial charge < -0.3 is 10.6 Å². The van der Waals surface area contributed by atoms with Crippen LogP contribution in [0.15, 0.2) is 0 Å². The second-order valence-electron chi connectivity index (χ2n) is 3.51. The van der Waals surface area contributed by atoms with Gasteiger partial charge in [0.2, 0.25) is 5.91 Å². The number of unbranched alkanes of at least 4 members (excludes halogenated alkanes) is 2. The molecule has 0 rings (SSSR count). The number of carbonyl (C=O) groups excluding carboxylic acids is 1. The lowest BCUT2D eigenvalue weighted by Crippen LogP contribution is -2.23. The summed E-state index contributed by atoms with van der Waals surface area (Å²) in [4.78, 5) is 11.2. The first-order valence-corrected chi connectivity index (χ1v) is 5.78. The zero-order valence-electron chi connectivity index (χ0n) is 9.57. The topological polar surface area (TPSA) is 41.1 Å². The summed E-state index contributed by atoms with van der Waals surface area (Å²) in [6, 6.07) is 0. The molecule has 0 atom stereocenters. The van der Waals surface area contributed by atoms with Gasteiger partial charge in [0.25, 0.3) is 0 Å². The van der Waals surface area contributed by atoms with Crippen molar-refractivity contribution in [1.82, 2.24) is 10.6 Å². The molecule has 0 saturated carbocycles. The Morgan fingerprint density at radius 2 is 1.86 bits per heavy atom. The minimum atomic E-state index is 0.204. The molecule has 0 unspecified atom stereocenters. The van der Waals surface area contributed by atoms with E-state index in [4.69, 9.17) is 0 Å². The molecule has 84 valence electrons. The van der Waals surface area contributed by atoms with E-state index in [-0.39, 0.29) is 5.91 Å². The lowest BCUT2D eigenvalue weighted by molar-refractivity contribution is -0.121. The minimum absolute atomic E-state index is 0.204. The first kappa shape index (κ1) is 13.4. The van der Waals surface area contributed by atoms with Crippen molar-refractivity contribution in [2.24, 2.45) is 0 Å². The number of carbonyl (C=O) groups is 1. The number of nitrogens with one attached hydrogen (secondary N) is 2. The van der Waals surface area contributed by atoms with Crippen LogP contribution in [0.4, 0.5) is 0 Å². The van der Waals surface area contributed by atoms with Crippen LogP contribution in [0.3, 0.4) is 0 Å². The predicted molar refractivity (Wildman–Crippen MR) is 60.3 cm³/mol. The van der Waals surface area contributed by atoms with E-state index in [1.165, 1.54) is 6.42 Å². The second kappa shape index (κ2) is 10.5. The van der Waals surface area contributed by atoms with Gasteiger partial charge in [-0.05, 0) is 32.4 Å². The fourth-order valence-corrected chi connectivity index (χ4v) is 1.24. The molecule has 2 N–H and O–H groups in total. The summed E-state index contributed by atoms with van der Waals surface area (Å²) in [7, 11) is 0. The van der Waals surface area contributed by atoms with Gasteiger partial charge in [-0.2, -0.15) is 0 Å². The van der Waals surface area contributed by atoms with Crippen LogP contribution in [0.25, 0.3) is 0 Å². The number of rotatable bonds is 9. The second-order valence-corrected chi connectivity index (χ2v) is 3.51. The van der Waals surface area contributed by atoms with E-state index in [2.05, 4.69) is 24.5 Å². The van der Waals surface area contributed by atoms with Gasteiger partial charge >= 0.3 is 0 Å². The third kappa shape index (κ3) is 9.52. The summed E-state index contributed by atoms with van der Waals surface area (Å²) < 4.78 is 0. The largest absolute Gasteiger partial charge is 0.356 e. The molecule has 0 aliphatic rings. The van der Waals surface area contributed by atoms with E-state index in [0.717, 1.165) is 38.9 Å². The highest BCUT2D eigenvalue weighted by atomic mass is 16.1. The highest BCUT2D eigenvalue weighted by Crippen LogP contribution is 1.98. The summed E-state index contributed by atoms with van der Waals surface area (Å²) in [5.74, 6) is 0.204. The molecule has 3 nitrogen and oxygen atoms in total. The molecule has 0 aromatic rings. The minimum Gasteiger partial charge on any atom is -0.356 e. The molecule has 0 radical (unpaired) electrons. The Balaban J connectivity index is 3.07. The Morgan fingerprint density at radius 1 is 1.07 bits per heavy atom. The summed E-state index contributed by atoms with van der Waals surface area (Å²) in [5.41, 5.74) is 0. The van der Waals surface area contributed by atoms with Crippen LogP contribution < -0.4 is 10.6 Å². The van der Waals surface area contributed by atoms with E-state index < -0.39 is 0 Å². The normalized spacial score (nSPS) is 10.1. The van der Waals surface area contributed by atoms with Crippen LogP contribution in [-0.4, -0.2) is 25.5 Å². The molecule has 0 saturated heterocycles. The molecule has 14 heavy (non-hydrogen) atoms. The Bertz CT molecular complexity index is 137. The van der Waals surface area contributed by atoms with Crippen LogP contribution >= 0.6 is 0 Å². The number of hydrogen-bond donors (Lipinski definition) is 2. The van der Waals surface area contributed by atoms with Crippen molar-refractivity contribution in [2.75, 3.05) is 19.6 Å². The summed E-state index contributed by atoms with van der Waals surface area (Å²) in [6.45, 7) is 7.11. The van der Waals surface area contributed by atoms with Crippen LogP contribution in [0, 0.1) is 0 Å². The maximum Gasteiger partial charge on any atom is 0.219 e. The summed E-state index contributed by atoms with van der Waals surface area (Å²) in [5, 5.41) is 6.15. The van der Waals surface area contributed by atoms with Crippen molar-refractivity contribution in [3.63, 3.8) is 0 Å². The van der Waals surface area contributed by atoms with Crippen molar-refractivity contribution in [1.29, 1.82) is 0 Å². The molecule has 0 bridgehead atoms. The lowest BCUT2D eigenvalue weighted by atomic mass is 10.2. The highest BCUT2D eigenvalue weighted by Gasteiger charge is 1.98. The summed E-state index contributed by atoms with van der Waals surface area (Å²) >= 11 is 0. The Kier molecular flexibility index (Phi) is 10.1. The van der Waals surface area contributed by atoms with E-state index >= 15 is 0 Å². The van der Waals surface area contributed by atoms with Gasteiger partial charge in [-0.15, -0.1) is 0 Å². The monoisotopic (exact) mass is 200 g/mol. The molecule has 0 aromatic carbocycles. The molecular weight excluding hydrogens is 176 g/mol. The molecule has 0 spiro atoms. The average molecular weight is 200 g/mol. The molecule has 0 aromatic heterocycles. The maximum absolute atomic E-state index is 11.2. The van der Waals surface area contributed by atoms with E-state index in [1.54, 1.807) is 0 Å². The molecule has 3 heteroatoms. The SMILES string of the molecule is CCCNC(=O)CCCCCNCC. The van der Waals surface area contributed by atoms with Gasteiger partial charge in [0.05, 0.1) is 0 Å². The van der Waals surface area contributed by atoms with Gasteiger partial charge in [0, 0.05) is 13.0 Å². The molecular formula is C11H24N2O. The van der Waals surface area contributed by atoms with Crippen molar-refractivity contribution in [3.05, 3.63) is 0 Å².